The summed E-state index contributed by atoms with van der Waals surface area (Å²) >= 11 is 5.82. The van der Waals surface area contributed by atoms with Crippen LogP contribution in [0.15, 0.2) is 24.3 Å². The molecular formula is C17H21ClFN5. The maximum absolute atomic E-state index is 13.3. The molecule has 128 valence electrons. The second kappa shape index (κ2) is 7.32. The number of nitrogens with zero attached hydrogens (tertiary/aromatic N) is 4. The van der Waals surface area contributed by atoms with Crippen molar-refractivity contribution in [2.75, 3.05) is 42.9 Å². The van der Waals surface area contributed by atoms with Gasteiger partial charge in [-0.2, -0.15) is 4.98 Å². The maximum atomic E-state index is 13.3. The quantitative estimate of drug-likeness (QED) is 0.915. The summed E-state index contributed by atoms with van der Waals surface area (Å²) in [6.45, 7) is 9.18. The summed E-state index contributed by atoms with van der Waals surface area (Å²) in [5, 5.41) is 3.17. The molecule has 2 aromatic rings. The lowest BCUT2D eigenvalue weighted by atomic mass is 10.3. The molecule has 0 atom stereocenters. The van der Waals surface area contributed by atoms with Gasteiger partial charge in [0, 0.05) is 43.6 Å². The molecule has 0 spiro atoms. The number of piperazine rings is 1. The van der Waals surface area contributed by atoms with E-state index >= 15 is 0 Å². The second-order valence-electron chi connectivity index (χ2n) is 5.87. The Hall–Kier alpha value is -1.92. The van der Waals surface area contributed by atoms with Crippen molar-refractivity contribution in [1.82, 2.24) is 14.9 Å². The van der Waals surface area contributed by atoms with E-state index in [4.69, 9.17) is 11.6 Å². The number of aromatic nitrogens is 2. The Kier molecular flexibility index (Phi) is 5.16. The van der Waals surface area contributed by atoms with Crippen LogP contribution in [0.1, 0.15) is 12.6 Å². The maximum Gasteiger partial charge on any atom is 0.229 e. The predicted octanol–water partition coefficient (Wildman–Crippen LogP) is 3.46. The van der Waals surface area contributed by atoms with Gasteiger partial charge < -0.3 is 15.1 Å². The highest BCUT2D eigenvalue weighted by atomic mass is 35.5. The van der Waals surface area contributed by atoms with Gasteiger partial charge in [-0.3, -0.25) is 0 Å². The molecule has 3 rings (SSSR count). The van der Waals surface area contributed by atoms with Crippen molar-refractivity contribution in [3.63, 3.8) is 0 Å². The first-order valence-corrected chi connectivity index (χ1v) is 8.48. The van der Waals surface area contributed by atoms with Crippen LogP contribution in [0.5, 0.6) is 0 Å². The zero-order valence-electron chi connectivity index (χ0n) is 13.9. The monoisotopic (exact) mass is 349 g/mol. The Balaban J connectivity index is 1.77. The Labute approximate surface area is 146 Å². The number of nitrogens with one attached hydrogen (secondary N) is 1. The van der Waals surface area contributed by atoms with Crippen molar-refractivity contribution in [3.8, 4) is 0 Å². The first kappa shape index (κ1) is 16.9. The number of hydrogen-bond acceptors (Lipinski definition) is 5. The first-order valence-electron chi connectivity index (χ1n) is 8.10. The van der Waals surface area contributed by atoms with Gasteiger partial charge in [-0.05, 0) is 31.7 Å². The van der Waals surface area contributed by atoms with Gasteiger partial charge in [0.1, 0.15) is 11.6 Å². The van der Waals surface area contributed by atoms with E-state index in [2.05, 4.69) is 32.0 Å². The van der Waals surface area contributed by atoms with E-state index < -0.39 is 5.82 Å². The molecule has 0 aliphatic carbocycles. The van der Waals surface area contributed by atoms with Crippen LogP contribution in [0.3, 0.4) is 0 Å². The Bertz CT molecular complexity index is 716. The van der Waals surface area contributed by atoms with Crippen LogP contribution in [0.4, 0.5) is 21.8 Å². The molecule has 1 aliphatic rings. The number of rotatable bonds is 4. The summed E-state index contributed by atoms with van der Waals surface area (Å²) in [5.74, 6) is 0.960. The molecule has 0 saturated carbocycles. The van der Waals surface area contributed by atoms with Crippen LogP contribution in [0, 0.1) is 12.7 Å². The fourth-order valence-electron chi connectivity index (χ4n) is 2.77. The minimum absolute atomic E-state index is 0.0727. The Morgan fingerprint density at radius 2 is 1.92 bits per heavy atom. The lowest BCUT2D eigenvalue weighted by molar-refractivity contribution is 0.270. The van der Waals surface area contributed by atoms with E-state index in [1.165, 1.54) is 12.1 Å². The molecule has 0 amide bonds. The van der Waals surface area contributed by atoms with Gasteiger partial charge in [0.05, 0.1) is 5.02 Å². The molecule has 1 aromatic carbocycles. The molecule has 1 aromatic heterocycles. The van der Waals surface area contributed by atoms with Crippen molar-refractivity contribution in [2.45, 2.75) is 13.8 Å². The van der Waals surface area contributed by atoms with Gasteiger partial charge in [-0.15, -0.1) is 0 Å². The summed E-state index contributed by atoms with van der Waals surface area (Å²) in [4.78, 5) is 13.7. The predicted molar refractivity (Wildman–Crippen MR) is 95.8 cm³/mol. The third kappa shape index (κ3) is 3.94. The molecule has 0 radical (unpaired) electrons. The summed E-state index contributed by atoms with van der Waals surface area (Å²) in [6, 6.07) is 6.46. The summed E-state index contributed by atoms with van der Waals surface area (Å²) in [5.41, 5.74) is 1.54. The number of benzene rings is 1. The Morgan fingerprint density at radius 3 is 2.58 bits per heavy atom. The third-order valence-electron chi connectivity index (χ3n) is 4.16. The van der Waals surface area contributed by atoms with E-state index in [0.717, 1.165) is 44.2 Å². The van der Waals surface area contributed by atoms with Gasteiger partial charge in [-0.1, -0.05) is 18.5 Å². The number of aryl methyl sites for hydroxylation is 1. The van der Waals surface area contributed by atoms with E-state index in [1.54, 1.807) is 6.07 Å². The standard InChI is InChI=1S/C17H21ClFN5/c1-3-23-6-8-24(9-7-23)16-10-12(2)20-17(22-16)21-13-4-5-15(19)14(18)11-13/h4-5,10-11H,3,6-9H2,1-2H3,(H,20,21,22). The molecule has 5 nitrogen and oxygen atoms in total. The molecule has 1 aliphatic heterocycles. The molecule has 1 fully saturated rings. The van der Waals surface area contributed by atoms with E-state index in [-0.39, 0.29) is 5.02 Å². The van der Waals surface area contributed by atoms with Crippen LogP contribution in [-0.4, -0.2) is 47.6 Å². The van der Waals surface area contributed by atoms with Crippen molar-refractivity contribution in [2.24, 2.45) is 0 Å². The fraction of sp³-hybridized carbons (Fsp3) is 0.412. The third-order valence-corrected chi connectivity index (χ3v) is 4.45. The number of anilines is 3. The fourth-order valence-corrected chi connectivity index (χ4v) is 2.95. The normalized spacial score (nSPS) is 15.6. The molecule has 0 bridgehead atoms. The molecule has 1 saturated heterocycles. The van der Waals surface area contributed by atoms with E-state index in [9.17, 15) is 4.39 Å². The van der Waals surface area contributed by atoms with Gasteiger partial charge in [0.2, 0.25) is 5.95 Å². The van der Waals surface area contributed by atoms with Crippen molar-refractivity contribution >= 4 is 29.1 Å². The van der Waals surface area contributed by atoms with Gasteiger partial charge >= 0.3 is 0 Å². The molecule has 1 N–H and O–H groups in total. The van der Waals surface area contributed by atoms with Crippen LogP contribution in [-0.2, 0) is 0 Å². The lowest BCUT2D eigenvalue weighted by Crippen LogP contribution is -2.46. The number of likely N-dealkylation sites (N-methyl/N-ethyl adjacent to an activating group) is 1. The van der Waals surface area contributed by atoms with E-state index in [1.807, 2.05) is 13.0 Å². The number of hydrogen-bond donors (Lipinski definition) is 1. The highest BCUT2D eigenvalue weighted by Gasteiger charge is 2.18. The molecule has 2 heterocycles. The topological polar surface area (TPSA) is 44.3 Å². The zero-order chi connectivity index (χ0) is 17.1. The Morgan fingerprint density at radius 1 is 1.17 bits per heavy atom. The van der Waals surface area contributed by atoms with Crippen LogP contribution >= 0.6 is 11.6 Å². The highest BCUT2D eigenvalue weighted by molar-refractivity contribution is 6.31. The van der Waals surface area contributed by atoms with Crippen molar-refractivity contribution < 1.29 is 4.39 Å². The highest BCUT2D eigenvalue weighted by Crippen LogP contribution is 2.23. The SMILES string of the molecule is CCN1CCN(c2cc(C)nc(Nc3ccc(F)c(Cl)c3)n2)CC1. The van der Waals surface area contributed by atoms with Crippen molar-refractivity contribution in [3.05, 3.63) is 40.8 Å². The average Bonchev–Trinajstić information content (AvgIpc) is 2.58. The van der Waals surface area contributed by atoms with Gasteiger partial charge in [0.25, 0.3) is 0 Å². The van der Waals surface area contributed by atoms with Gasteiger partial charge in [-0.25, -0.2) is 9.37 Å². The zero-order valence-corrected chi connectivity index (χ0v) is 14.6. The lowest BCUT2D eigenvalue weighted by Gasteiger charge is -2.34. The number of halogens is 2. The molecule has 0 unspecified atom stereocenters. The average molecular weight is 350 g/mol. The first-order chi connectivity index (χ1) is 11.5. The molecular weight excluding hydrogens is 329 g/mol. The van der Waals surface area contributed by atoms with Crippen LogP contribution < -0.4 is 10.2 Å². The minimum atomic E-state index is -0.443. The summed E-state index contributed by atoms with van der Waals surface area (Å²) < 4.78 is 13.3. The summed E-state index contributed by atoms with van der Waals surface area (Å²) in [7, 11) is 0. The second-order valence-corrected chi connectivity index (χ2v) is 6.27. The summed E-state index contributed by atoms with van der Waals surface area (Å²) in [6.07, 6.45) is 0. The van der Waals surface area contributed by atoms with E-state index in [0.29, 0.717) is 11.6 Å². The van der Waals surface area contributed by atoms with Crippen LogP contribution in [0.2, 0.25) is 5.02 Å². The molecule has 24 heavy (non-hydrogen) atoms. The largest absolute Gasteiger partial charge is 0.354 e. The van der Waals surface area contributed by atoms with Gasteiger partial charge in [0.15, 0.2) is 0 Å². The minimum Gasteiger partial charge on any atom is -0.354 e. The van der Waals surface area contributed by atoms with Crippen molar-refractivity contribution in [1.29, 1.82) is 0 Å². The molecule has 7 heteroatoms. The smallest absolute Gasteiger partial charge is 0.229 e. The van der Waals surface area contributed by atoms with Crippen LogP contribution in [0.25, 0.3) is 0 Å².